The number of nitrogens with zero attached hydrogens (tertiary/aromatic N) is 3. The van der Waals surface area contributed by atoms with E-state index in [1.165, 1.54) is 0 Å². The number of ether oxygens (including phenoxy) is 1. The van der Waals surface area contributed by atoms with Gasteiger partial charge in [-0.3, -0.25) is 14.2 Å². The van der Waals surface area contributed by atoms with Crippen LogP contribution in [-0.4, -0.2) is 31.7 Å². The largest absolute Gasteiger partial charge is 0.497 e. The Kier molecular flexibility index (Phi) is 5.23. The smallest absolute Gasteiger partial charge is 0.331 e. The Labute approximate surface area is 151 Å². The van der Waals surface area contributed by atoms with Gasteiger partial charge in [0.2, 0.25) is 0 Å². The lowest BCUT2D eigenvalue weighted by atomic mass is 10.2. The molecule has 0 unspecified atom stereocenters. The first-order valence-electron chi connectivity index (χ1n) is 8.02. The van der Waals surface area contributed by atoms with Crippen LogP contribution in [0.1, 0.15) is 17.0 Å². The van der Waals surface area contributed by atoms with Crippen molar-refractivity contribution < 1.29 is 19.1 Å². The molecule has 3 rings (SSSR count). The summed E-state index contributed by atoms with van der Waals surface area (Å²) in [7, 11) is -2.62. The number of aryl methyl sites for hydroxylation is 1. The molecule has 2 N–H and O–H groups in total. The average molecular weight is 373 g/mol. The molecule has 7 nitrogen and oxygen atoms in total. The standard InChI is InChI=1S/C18H20N3O4P/c1-13-4-3-5-17(19-13)18-10-15(12-26(22,23)24)21(20-18)11-14-6-8-16(25-2)9-7-14/h3-10H,11-12H2,1-2H3,(H2,22,23,24). The fourth-order valence-electron chi connectivity index (χ4n) is 2.65. The number of pyridine rings is 1. The molecule has 0 spiro atoms. The van der Waals surface area contributed by atoms with E-state index in [0.29, 0.717) is 23.6 Å². The second kappa shape index (κ2) is 7.41. The van der Waals surface area contributed by atoms with Gasteiger partial charge < -0.3 is 14.5 Å². The van der Waals surface area contributed by atoms with Crippen molar-refractivity contribution in [2.75, 3.05) is 7.11 Å². The summed E-state index contributed by atoms with van der Waals surface area (Å²) in [5.41, 5.74) is 3.52. The third-order valence-corrected chi connectivity index (χ3v) is 4.61. The minimum Gasteiger partial charge on any atom is -0.497 e. The first kappa shape index (κ1) is 18.3. The number of methoxy groups -OCH3 is 1. The Bertz CT molecular complexity index is 947. The Balaban J connectivity index is 1.96. The molecule has 0 saturated carbocycles. The van der Waals surface area contributed by atoms with Gasteiger partial charge in [-0.15, -0.1) is 0 Å². The molecule has 0 bridgehead atoms. The van der Waals surface area contributed by atoms with Crippen LogP contribution in [0.15, 0.2) is 48.5 Å². The number of hydrogen-bond donors (Lipinski definition) is 2. The van der Waals surface area contributed by atoms with Gasteiger partial charge in [-0.2, -0.15) is 5.10 Å². The van der Waals surface area contributed by atoms with Gasteiger partial charge in [-0.1, -0.05) is 18.2 Å². The molecule has 3 aromatic rings. The van der Waals surface area contributed by atoms with E-state index in [0.717, 1.165) is 17.0 Å². The van der Waals surface area contributed by atoms with Crippen molar-refractivity contribution in [1.82, 2.24) is 14.8 Å². The summed E-state index contributed by atoms with van der Waals surface area (Å²) in [5, 5.41) is 4.52. The lowest BCUT2D eigenvalue weighted by Crippen LogP contribution is -2.07. The monoisotopic (exact) mass is 373 g/mol. The topological polar surface area (TPSA) is 97.5 Å². The second-order valence-electron chi connectivity index (χ2n) is 6.01. The average Bonchev–Trinajstić information content (AvgIpc) is 2.96. The van der Waals surface area contributed by atoms with Crippen LogP contribution in [0.2, 0.25) is 0 Å². The van der Waals surface area contributed by atoms with Crippen molar-refractivity contribution in [3.8, 4) is 17.1 Å². The van der Waals surface area contributed by atoms with Crippen molar-refractivity contribution >= 4 is 7.60 Å². The quantitative estimate of drug-likeness (QED) is 0.645. The normalized spacial score (nSPS) is 11.5. The minimum absolute atomic E-state index is 0.373. The molecule has 0 fully saturated rings. The van der Waals surface area contributed by atoms with Crippen LogP contribution in [0.5, 0.6) is 5.75 Å². The first-order valence-corrected chi connectivity index (χ1v) is 9.82. The molecule has 8 heteroatoms. The fraction of sp³-hybridized carbons (Fsp3) is 0.222. The molecule has 0 aliphatic rings. The van der Waals surface area contributed by atoms with E-state index < -0.39 is 7.60 Å². The molecule has 0 radical (unpaired) electrons. The highest BCUT2D eigenvalue weighted by atomic mass is 31.2. The third-order valence-electron chi connectivity index (χ3n) is 3.87. The first-order chi connectivity index (χ1) is 12.3. The van der Waals surface area contributed by atoms with Gasteiger partial charge >= 0.3 is 7.60 Å². The van der Waals surface area contributed by atoms with E-state index in [1.807, 2.05) is 49.4 Å². The van der Waals surface area contributed by atoms with Crippen molar-refractivity contribution in [3.63, 3.8) is 0 Å². The summed E-state index contributed by atoms with van der Waals surface area (Å²) in [5.74, 6) is 0.745. The SMILES string of the molecule is COc1ccc(Cn2nc(-c3cccc(C)n3)cc2CP(=O)(O)O)cc1. The molecule has 0 amide bonds. The third kappa shape index (κ3) is 4.58. The van der Waals surface area contributed by atoms with Gasteiger partial charge in [0.1, 0.15) is 11.4 Å². The number of rotatable bonds is 6. The van der Waals surface area contributed by atoms with E-state index in [4.69, 9.17) is 4.74 Å². The Morgan fingerprint density at radius 3 is 2.46 bits per heavy atom. The van der Waals surface area contributed by atoms with Gasteiger partial charge in [0.15, 0.2) is 0 Å². The summed E-state index contributed by atoms with van der Waals surface area (Å²) >= 11 is 0. The lowest BCUT2D eigenvalue weighted by molar-refractivity contribution is 0.370. The highest BCUT2D eigenvalue weighted by molar-refractivity contribution is 7.50. The summed E-state index contributed by atoms with van der Waals surface area (Å²) in [6.45, 7) is 2.28. The molecule has 1 aromatic carbocycles. The predicted molar refractivity (Wildman–Crippen MR) is 98.0 cm³/mol. The maximum absolute atomic E-state index is 11.5. The summed E-state index contributed by atoms with van der Waals surface area (Å²) in [4.78, 5) is 23.2. The fourth-order valence-corrected chi connectivity index (χ4v) is 3.32. The van der Waals surface area contributed by atoms with Gasteiger partial charge in [0.05, 0.1) is 31.2 Å². The minimum atomic E-state index is -4.22. The van der Waals surface area contributed by atoms with Gasteiger partial charge in [-0.25, -0.2) is 0 Å². The molecule has 0 aliphatic carbocycles. The molecular formula is C18H20N3O4P. The van der Waals surface area contributed by atoms with E-state index in [9.17, 15) is 14.4 Å². The molecule has 136 valence electrons. The molecule has 26 heavy (non-hydrogen) atoms. The zero-order valence-electron chi connectivity index (χ0n) is 14.5. The van der Waals surface area contributed by atoms with E-state index in [2.05, 4.69) is 10.1 Å². The van der Waals surface area contributed by atoms with Crippen LogP contribution >= 0.6 is 7.60 Å². The van der Waals surface area contributed by atoms with Crippen LogP contribution in [0.25, 0.3) is 11.4 Å². The number of aromatic nitrogens is 3. The molecular weight excluding hydrogens is 353 g/mol. The van der Waals surface area contributed by atoms with Crippen LogP contribution in [0.3, 0.4) is 0 Å². The number of benzene rings is 1. The van der Waals surface area contributed by atoms with Crippen molar-refractivity contribution in [2.24, 2.45) is 0 Å². The zero-order chi connectivity index (χ0) is 18.7. The van der Waals surface area contributed by atoms with Crippen LogP contribution < -0.4 is 4.74 Å². The predicted octanol–water partition coefficient (Wildman–Crippen LogP) is 2.99. The van der Waals surface area contributed by atoms with Crippen molar-refractivity contribution in [3.05, 3.63) is 65.5 Å². The molecule has 0 atom stereocenters. The highest BCUT2D eigenvalue weighted by Gasteiger charge is 2.20. The van der Waals surface area contributed by atoms with Crippen molar-refractivity contribution in [2.45, 2.75) is 19.6 Å². The van der Waals surface area contributed by atoms with Gasteiger partial charge in [0.25, 0.3) is 0 Å². The zero-order valence-corrected chi connectivity index (χ0v) is 15.4. The van der Waals surface area contributed by atoms with E-state index >= 15 is 0 Å². The second-order valence-corrected chi connectivity index (χ2v) is 7.66. The lowest BCUT2D eigenvalue weighted by Gasteiger charge is -2.09. The van der Waals surface area contributed by atoms with E-state index in [-0.39, 0.29) is 6.16 Å². The van der Waals surface area contributed by atoms with Crippen LogP contribution in [-0.2, 0) is 17.3 Å². The van der Waals surface area contributed by atoms with Gasteiger partial charge in [0, 0.05) is 5.69 Å². The molecule has 2 aromatic heterocycles. The summed E-state index contributed by atoms with van der Waals surface area (Å²) < 4.78 is 18.3. The van der Waals surface area contributed by atoms with E-state index in [1.54, 1.807) is 17.9 Å². The Morgan fingerprint density at radius 1 is 1.12 bits per heavy atom. The van der Waals surface area contributed by atoms with Crippen molar-refractivity contribution in [1.29, 1.82) is 0 Å². The molecule has 2 heterocycles. The highest BCUT2D eigenvalue weighted by Crippen LogP contribution is 2.39. The van der Waals surface area contributed by atoms with Gasteiger partial charge in [-0.05, 0) is 42.8 Å². The summed E-state index contributed by atoms with van der Waals surface area (Å²) in [6.07, 6.45) is -0.373. The molecule has 0 saturated heterocycles. The Hall–Kier alpha value is -2.47. The summed E-state index contributed by atoms with van der Waals surface area (Å²) in [6, 6.07) is 14.7. The van der Waals surface area contributed by atoms with Crippen LogP contribution in [0, 0.1) is 6.92 Å². The Morgan fingerprint density at radius 2 is 1.85 bits per heavy atom. The number of hydrogen-bond acceptors (Lipinski definition) is 4. The van der Waals surface area contributed by atoms with Crippen LogP contribution in [0.4, 0.5) is 0 Å². The maximum atomic E-state index is 11.5. The molecule has 0 aliphatic heterocycles. The maximum Gasteiger partial charge on any atom is 0.331 e.